The molecule has 0 bridgehead atoms. The summed E-state index contributed by atoms with van der Waals surface area (Å²) in [6.45, 7) is 4.58. The molecule has 1 heteroatoms. The maximum Gasteiger partial charge on any atom is 0.0442 e. The summed E-state index contributed by atoms with van der Waals surface area (Å²) in [5.74, 6) is 0. The molecule has 0 aliphatic carbocycles. The number of rotatable bonds is 13. The van der Waals surface area contributed by atoms with Crippen molar-refractivity contribution in [3.63, 3.8) is 0 Å². The van der Waals surface area contributed by atoms with Crippen LogP contribution in [-0.2, 0) is 0 Å². The summed E-state index contributed by atoms with van der Waals surface area (Å²) in [5, 5.41) is 0. The summed E-state index contributed by atoms with van der Waals surface area (Å²) in [6, 6.07) is 8.78. The number of unbranched alkanes of at least 4 members (excludes halogenated alkanes) is 11. The van der Waals surface area contributed by atoms with Gasteiger partial charge in [0.1, 0.15) is 0 Å². The predicted molar refractivity (Wildman–Crippen MR) is 109 cm³/mol. The van der Waals surface area contributed by atoms with Crippen molar-refractivity contribution in [2.45, 2.75) is 84.0 Å². The molecule has 1 aliphatic rings. The Morgan fingerprint density at radius 3 is 2.00 bits per heavy atom. The second-order valence-corrected chi connectivity index (χ2v) is 7.30. The van der Waals surface area contributed by atoms with Gasteiger partial charge in [0.25, 0.3) is 0 Å². The van der Waals surface area contributed by atoms with Crippen LogP contribution in [0, 0.1) is 0 Å². The Morgan fingerprint density at radius 1 is 0.750 bits per heavy atom. The van der Waals surface area contributed by atoms with E-state index in [1.807, 2.05) is 0 Å². The smallest absolute Gasteiger partial charge is 0.0442 e. The van der Waals surface area contributed by atoms with Gasteiger partial charge < -0.3 is 4.90 Å². The maximum atomic E-state index is 2.53. The fourth-order valence-electron chi connectivity index (χ4n) is 3.68. The van der Waals surface area contributed by atoms with Crippen LogP contribution in [0.3, 0.4) is 0 Å². The first-order valence-corrected chi connectivity index (χ1v) is 10.4. The predicted octanol–water partition coefficient (Wildman–Crippen LogP) is 7.22. The van der Waals surface area contributed by atoms with E-state index < -0.39 is 0 Å². The molecule has 1 aliphatic heterocycles. The normalized spacial score (nSPS) is 13.3. The lowest BCUT2D eigenvalue weighted by Crippen LogP contribution is -2.26. The van der Waals surface area contributed by atoms with Crippen LogP contribution < -0.4 is 4.90 Å². The molecular formula is C23H37N. The molecule has 0 fully saturated rings. The fourth-order valence-corrected chi connectivity index (χ4v) is 3.68. The summed E-state index contributed by atoms with van der Waals surface area (Å²) in [4.78, 5) is 2.53. The van der Waals surface area contributed by atoms with E-state index in [1.165, 1.54) is 94.8 Å². The number of para-hydroxylation sites is 1. The highest BCUT2D eigenvalue weighted by Gasteiger charge is 2.11. The number of fused-ring (bicyclic) bond motifs is 1. The largest absolute Gasteiger partial charge is 0.367 e. The highest BCUT2D eigenvalue weighted by Crippen LogP contribution is 2.25. The van der Waals surface area contributed by atoms with Crippen molar-refractivity contribution >= 4 is 11.8 Å². The minimum Gasteiger partial charge on any atom is -0.367 e. The molecule has 0 radical (unpaired) electrons. The van der Waals surface area contributed by atoms with Gasteiger partial charge in [-0.15, -0.1) is 0 Å². The van der Waals surface area contributed by atoms with Gasteiger partial charge in [0.2, 0.25) is 0 Å². The summed E-state index contributed by atoms with van der Waals surface area (Å²) in [7, 11) is 0. The molecule has 1 heterocycles. The van der Waals surface area contributed by atoms with Crippen LogP contribution in [0.4, 0.5) is 5.69 Å². The molecule has 0 atom stereocenters. The van der Waals surface area contributed by atoms with E-state index >= 15 is 0 Å². The monoisotopic (exact) mass is 327 g/mol. The van der Waals surface area contributed by atoms with Crippen molar-refractivity contribution in [2.75, 3.05) is 18.0 Å². The van der Waals surface area contributed by atoms with Crippen LogP contribution in [-0.4, -0.2) is 13.1 Å². The molecule has 134 valence electrons. The fraction of sp³-hybridized carbons (Fsp3) is 0.652. The van der Waals surface area contributed by atoms with E-state index in [0.717, 1.165) is 6.54 Å². The number of hydrogen-bond donors (Lipinski definition) is 0. The molecule has 1 nitrogen and oxygen atoms in total. The van der Waals surface area contributed by atoms with Gasteiger partial charge in [-0.05, 0) is 18.1 Å². The maximum absolute atomic E-state index is 2.53. The number of anilines is 1. The Labute approximate surface area is 150 Å². The minimum absolute atomic E-state index is 1.08. The zero-order valence-electron chi connectivity index (χ0n) is 15.8. The Morgan fingerprint density at radius 2 is 1.33 bits per heavy atom. The summed E-state index contributed by atoms with van der Waals surface area (Å²) >= 11 is 0. The lowest BCUT2D eigenvalue weighted by Gasteiger charge is -2.28. The Balaban J connectivity index is 1.44. The first kappa shape index (κ1) is 19.1. The first-order chi connectivity index (χ1) is 11.9. The average Bonchev–Trinajstić information content (AvgIpc) is 2.63. The molecule has 0 N–H and O–H groups in total. The summed E-state index contributed by atoms with van der Waals surface area (Å²) in [5.41, 5.74) is 2.80. The van der Waals surface area contributed by atoms with Crippen molar-refractivity contribution in [3.05, 3.63) is 35.9 Å². The van der Waals surface area contributed by atoms with E-state index in [4.69, 9.17) is 0 Å². The van der Waals surface area contributed by atoms with Crippen molar-refractivity contribution < 1.29 is 0 Å². The van der Waals surface area contributed by atoms with Gasteiger partial charge in [-0.3, -0.25) is 0 Å². The van der Waals surface area contributed by atoms with Crippen LogP contribution in [0.1, 0.15) is 89.5 Å². The molecule has 1 aromatic carbocycles. The summed E-state index contributed by atoms with van der Waals surface area (Å²) < 4.78 is 0. The Bertz CT molecular complexity index is 463. The second kappa shape index (κ2) is 12.2. The van der Waals surface area contributed by atoms with Gasteiger partial charge in [0.15, 0.2) is 0 Å². The van der Waals surface area contributed by atoms with Crippen molar-refractivity contribution in [1.29, 1.82) is 0 Å². The first-order valence-electron chi connectivity index (χ1n) is 10.4. The third kappa shape index (κ3) is 7.11. The quantitative estimate of drug-likeness (QED) is 0.346. The van der Waals surface area contributed by atoms with E-state index in [2.05, 4.69) is 48.2 Å². The van der Waals surface area contributed by atoms with Gasteiger partial charge in [-0.2, -0.15) is 0 Å². The molecule has 0 saturated carbocycles. The van der Waals surface area contributed by atoms with Crippen molar-refractivity contribution in [2.24, 2.45) is 0 Å². The molecule has 1 aromatic rings. The lowest BCUT2D eigenvalue weighted by molar-refractivity contribution is 0.543. The third-order valence-corrected chi connectivity index (χ3v) is 5.18. The highest BCUT2D eigenvalue weighted by molar-refractivity contribution is 5.71. The molecule has 0 aromatic heterocycles. The van der Waals surface area contributed by atoms with Crippen LogP contribution in [0.5, 0.6) is 0 Å². The molecule has 0 saturated heterocycles. The number of hydrogen-bond acceptors (Lipinski definition) is 1. The Kier molecular flexibility index (Phi) is 9.68. The van der Waals surface area contributed by atoms with Gasteiger partial charge in [0.05, 0.1) is 0 Å². The van der Waals surface area contributed by atoms with Gasteiger partial charge in [-0.1, -0.05) is 108 Å². The van der Waals surface area contributed by atoms with Crippen LogP contribution in [0.2, 0.25) is 0 Å². The van der Waals surface area contributed by atoms with Crippen molar-refractivity contribution in [3.8, 4) is 0 Å². The van der Waals surface area contributed by atoms with Crippen LogP contribution >= 0.6 is 0 Å². The topological polar surface area (TPSA) is 3.24 Å². The number of nitrogens with zero attached hydrogens (tertiary/aromatic N) is 1. The molecular weight excluding hydrogens is 290 g/mol. The molecule has 0 amide bonds. The summed E-state index contributed by atoms with van der Waals surface area (Å²) in [6.07, 6.45) is 21.6. The highest BCUT2D eigenvalue weighted by atomic mass is 15.1. The van der Waals surface area contributed by atoms with E-state index in [-0.39, 0.29) is 0 Å². The van der Waals surface area contributed by atoms with Gasteiger partial charge in [-0.25, -0.2) is 0 Å². The van der Waals surface area contributed by atoms with Gasteiger partial charge in [0, 0.05) is 18.8 Å². The SMILES string of the molecule is CCCCCCCCCCCCCCN1CC=Cc2ccccc21. The minimum atomic E-state index is 1.08. The molecule has 24 heavy (non-hydrogen) atoms. The second-order valence-electron chi connectivity index (χ2n) is 7.30. The molecule has 2 rings (SSSR count). The zero-order chi connectivity index (χ0) is 16.9. The molecule has 0 unspecified atom stereocenters. The average molecular weight is 328 g/mol. The van der Waals surface area contributed by atoms with Crippen LogP contribution in [0.25, 0.3) is 6.08 Å². The third-order valence-electron chi connectivity index (χ3n) is 5.18. The Hall–Kier alpha value is -1.24. The number of benzene rings is 1. The van der Waals surface area contributed by atoms with E-state index in [0.29, 0.717) is 0 Å². The van der Waals surface area contributed by atoms with E-state index in [9.17, 15) is 0 Å². The molecule has 0 spiro atoms. The van der Waals surface area contributed by atoms with Gasteiger partial charge >= 0.3 is 0 Å². The van der Waals surface area contributed by atoms with E-state index in [1.54, 1.807) is 0 Å². The van der Waals surface area contributed by atoms with Crippen molar-refractivity contribution in [1.82, 2.24) is 0 Å². The standard InChI is InChI=1S/C23H37N/c1-2-3-4-5-6-7-8-9-10-11-12-15-20-24-21-16-18-22-17-13-14-19-23(22)24/h13-14,16-19H,2-12,15,20-21H2,1H3. The zero-order valence-corrected chi connectivity index (χ0v) is 15.8. The lowest BCUT2D eigenvalue weighted by atomic mass is 10.0. The van der Waals surface area contributed by atoms with Crippen LogP contribution in [0.15, 0.2) is 30.3 Å².